The maximum absolute atomic E-state index is 13.7. The van der Waals surface area contributed by atoms with Crippen molar-refractivity contribution in [3.8, 4) is 5.75 Å². The third-order valence-corrected chi connectivity index (χ3v) is 4.38. The number of likely N-dealkylation sites (N-methyl/N-ethyl adjacent to an activating group) is 1. The van der Waals surface area contributed by atoms with Crippen molar-refractivity contribution in [2.75, 3.05) is 7.05 Å². The van der Waals surface area contributed by atoms with Crippen molar-refractivity contribution in [3.63, 3.8) is 0 Å². The molecule has 0 unspecified atom stereocenters. The molecule has 4 nitrogen and oxygen atoms in total. The first-order valence-corrected chi connectivity index (χ1v) is 7.76. The van der Waals surface area contributed by atoms with Crippen LogP contribution >= 0.6 is 11.8 Å². The molecule has 3 rings (SSSR count). The number of thioether (sulfide) groups is 1. The largest absolute Gasteiger partial charge is 0.508 e. The Hall–Kier alpha value is -2.67. The highest BCUT2D eigenvalue weighted by atomic mass is 32.2. The number of amides is 1. The van der Waals surface area contributed by atoms with Gasteiger partial charge in [-0.3, -0.25) is 9.69 Å². The van der Waals surface area contributed by atoms with Gasteiger partial charge in [-0.15, -0.1) is 0 Å². The van der Waals surface area contributed by atoms with E-state index in [9.17, 15) is 18.7 Å². The first-order valence-electron chi connectivity index (χ1n) is 6.94. The molecule has 1 aliphatic rings. The average Bonchev–Trinajstić information content (AvgIpc) is 2.80. The molecule has 1 N–H and O–H groups in total. The maximum atomic E-state index is 13.7. The van der Waals surface area contributed by atoms with Crippen LogP contribution in [-0.4, -0.2) is 28.1 Å². The molecular weight excluding hydrogens is 334 g/mol. The van der Waals surface area contributed by atoms with E-state index in [-0.39, 0.29) is 17.3 Å². The maximum Gasteiger partial charge on any atom is 0.266 e. The normalized spacial score (nSPS) is 18.0. The van der Waals surface area contributed by atoms with Gasteiger partial charge in [0, 0.05) is 13.1 Å². The van der Waals surface area contributed by atoms with Crippen molar-refractivity contribution in [3.05, 3.63) is 64.6 Å². The van der Waals surface area contributed by atoms with Crippen molar-refractivity contribution in [1.29, 1.82) is 0 Å². The van der Waals surface area contributed by atoms with E-state index in [1.807, 2.05) is 0 Å². The number of benzene rings is 2. The highest BCUT2D eigenvalue weighted by Gasteiger charge is 2.30. The lowest BCUT2D eigenvalue weighted by Gasteiger charge is -2.07. The van der Waals surface area contributed by atoms with Gasteiger partial charge < -0.3 is 5.11 Å². The van der Waals surface area contributed by atoms with E-state index >= 15 is 0 Å². The number of aromatic hydroxyl groups is 1. The van der Waals surface area contributed by atoms with Gasteiger partial charge in [0.25, 0.3) is 5.91 Å². The molecule has 122 valence electrons. The van der Waals surface area contributed by atoms with Gasteiger partial charge >= 0.3 is 0 Å². The molecule has 1 amide bonds. The highest BCUT2D eigenvalue weighted by molar-refractivity contribution is 8.18. The van der Waals surface area contributed by atoms with Crippen LogP contribution in [0.1, 0.15) is 5.56 Å². The summed E-state index contributed by atoms with van der Waals surface area (Å²) < 4.78 is 26.7. The van der Waals surface area contributed by atoms with E-state index in [0.717, 1.165) is 29.5 Å². The van der Waals surface area contributed by atoms with Gasteiger partial charge in [-0.05, 0) is 47.7 Å². The van der Waals surface area contributed by atoms with Crippen molar-refractivity contribution in [2.24, 2.45) is 4.99 Å². The number of phenols is 1. The van der Waals surface area contributed by atoms with E-state index in [4.69, 9.17) is 0 Å². The summed E-state index contributed by atoms with van der Waals surface area (Å²) in [5.74, 6) is -1.61. The molecule has 1 aliphatic heterocycles. The van der Waals surface area contributed by atoms with Crippen LogP contribution in [0.3, 0.4) is 0 Å². The van der Waals surface area contributed by atoms with Crippen molar-refractivity contribution < 1.29 is 18.7 Å². The molecule has 1 saturated heterocycles. The summed E-state index contributed by atoms with van der Waals surface area (Å²) in [5.41, 5.74) is 0.704. The Morgan fingerprint density at radius 3 is 2.54 bits per heavy atom. The highest BCUT2D eigenvalue weighted by Crippen LogP contribution is 2.33. The van der Waals surface area contributed by atoms with Crippen LogP contribution in [0.15, 0.2) is 52.4 Å². The number of hydrogen-bond donors (Lipinski definition) is 1. The van der Waals surface area contributed by atoms with E-state index < -0.39 is 11.6 Å². The lowest BCUT2D eigenvalue weighted by atomic mass is 10.2. The Morgan fingerprint density at radius 1 is 1.17 bits per heavy atom. The lowest BCUT2D eigenvalue weighted by molar-refractivity contribution is -0.121. The number of halogens is 2. The number of hydrogen-bond acceptors (Lipinski definition) is 4. The molecular formula is C17H12F2N2O2S. The van der Waals surface area contributed by atoms with Crippen molar-refractivity contribution >= 4 is 34.6 Å². The van der Waals surface area contributed by atoms with E-state index in [2.05, 4.69) is 4.99 Å². The molecule has 0 atom stereocenters. The van der Waals surface area contributed by atoms with Crippen LogP contribution in [0.5, 0.6) is 5.75 Å². The first kappa shape index (κ1) is 16.2. The fraction of sp³-hybridized carbons (Fsp3) is 0.0588. The molecule has 0 radical (unpaired) electrons. The fourth-order valence-corrected chi connectivity index (χ4v) is 3.03. The minimum atomic E-state index is -0.792. The lowest BCUT2D eigenvalue weighted by Crippen LogP contribution is -2.23. The van der Waals surface area contributed by atoms with Crippen LogP contribution < -0.4 is 0 Å². The Balaban J connectivity index is 1.91. The van der Waals surface area contributed by atoms with E-state index in [1.165, 1.54) is 30.1 Å². The standard InChI is InChI=1S/C17H12F2N2O2S/c1-21-16(23)15(8-10-2-5-12(22)6-3-10)24-17(21)20-14-7-4-11(18)9-13(14)19/h2-9,22H,1H3/b15-8+,20-17?. The summed E-state index contributed by atoms with van der Waals surface area (Å²) >= 11 is 1.10. The SMILES string of the molecule is CN1C(=O)/C(=C\c2ccc(O)cc2)SC1=Nc1ccc(F)cc1F. The Labute approximate surface area is 141 Å². The number of carbonyl (C=O) groups is 1. The van der Waals surface area contributed by atoms with Crippen LogP contribution in [0.4, 0.5) is 14.5 Å². The third-order valence-electron chi connectivity index (χ3n) is 3.32. The zero-order valence-corrected chi connectivity index (χ0v) is 13.3. The molecule has 0 spiro atoms. The molecule has 2 aromatic rings. The number of phenolic OH excluding ortho intramolecular Hbond substituents is 1. The molecule has 0 aromatic heterocycles. The zero-order chi connectivity index (χ0) is 17.3. The second-order valence-corrected chi connectivity index (χ2v) is 6.07. The quantitative estimate of drug-likeness (QED) is 0.839. The van der Waals surface area contributed by atoms with Gasteiger partial charge in [-0.2, -0.15) is 0 Å². The average molecular weight is 346 g/mol. The Morgan fingerprint density at radius 2 is 1.88 bits per heavy atom. The van der Waals surface area contributed by atoms with Gasteiger partial charge in [0.15, 0.2) is 11.0 Å². The molecule has 0 aliphatic carbocycles. The fourth-order valence-electron chi connectivity index (χ4n) is 2.05. The molecule has 0 saturated carbocycles. The number of carbonyl (C=O) groups excluding carboxylic acids is 1. The molecule has 1 fully saturated rings. The number of nitrogens with zero attached hydrogens (tertiary/aromatic N) is 2. The third kappa shape index (κ3) is 3.30. The number of aliphatic imine (C=N–C) groups is 1. The predicted molar refractivity (Wildman–Crippen MR) is 89.9 cm³/mol. The monoisotopic (exact) mass is 346 g/mol. The van der Waals surface area contributed by atoms with Gasteiger partial charge in [-0.25, -0.2) is 13.8 Å². The minimum Gasteiger partial charge on any atom is -0.508 e. The van der Waals surface area contributed by atoms with Gasteiger partial charge in [-0.1, -0.05) is 12.1 Å². The molecule has 7 heteroatoms. The molecule has 24 heavy (non-hydrogen) atoms. The smallest absolute Gasteiger partial charge is 0.266 e. The van der Waals surface area contributed by atoms with Crippen molar-refractivity contribution in [1.82, 2.24) is 4.90 Å². The minimum absolute atomic E-state index is 0.0376. The van der Waals surface area contributed by atoms with Crippen LogP contribution in [0, 0.1) is 11.6 Å². The van der Waals surface area contributed by atoms with Gasteiger partial charge in [0.05, 0.1) is 4.91 Å². The summed E-state index contributed by atoms with van der Waals surface area (Å²) in [6.07, 6.45) is 1.66. The molecule has 1 heterocycles. The summed E-state index contributed by atoms with van der Waals surface area (Å²) in [5, 5.41) is 9.58. The van der Waals surface area contributed by atoms with Crippen LogP contribution in [0.25, 0.3) is 6.08 Å². The van der Waals surface area contributed by atoms with Crippen LogP contribution in [0.2, 0.25) is 0 Å². The van der Waals surface area contributed by atoms with E-state index in [1.54, 1.807) is 18.2 Å². The topological polar surface area (TPSA) is 52.9 Å². The molecule has 2 aromatic carbocycles. The first-order chi connectivity index (χ1) is 11.4. The second-order valence-electron chi connectivity index (χ2n) is 5.06. The van der Waals surface area contributed by atoms with E-state index in [0.29, 0.717) is 10.1 Å². The second kappa shape index (κ2) is 6.45. The Bertz CT molecular complexity index is 863. The zero-order valence-electron chi connectivity index (χ0n) is 12.5. The van der Waals surface area contributed by atoms with Crippen LogP contribution in [-0.2, 0) is 4.79 Å². The summed E-state index contributed by atoms with van der Waals surface area (Å²) in [6.45, 7) is 0. The van der Waals surface area contributed by atoms with Crippen molar-refractivity contribution in [2.45, 2.75) is 0 Å². The number of rotatable bonds is 2. The number of amidine groups is 1. The molecule has 0 bridgehead atoms. The van der Waals surface area contributed by atoms with Gasteiger partial charge in [0.2, 0.25) is 0 Å². The summed E-state index contributed by atoms with van der Waals surface area (Å²) in [6, 6.07) is 9.45. The van der Waals surface area contributed by atoms with Gasteiger partial charge in [0.1, 0.15) is 17.3 Å². The predicted octanol–water partition coefficient (Wildman–Crippen LogP) is 3.90. The summed E-state index contributed by atoms with van der Waals surface area (Å²) in [7, 11) is 1.53. The summed E-state index contributed by atoms with van der Waals surface area (Å²) in [4.78, 5) is 18.1. The Kier molecular flexibility index (Phi) is 4.35.